The van der Waals surface area contributed by atoms with Crippen LogP contribution >= 0.6 is 23.2 Å². The smallest absolute Gasteiger partial charge is 0.416 e. The summed E-state index contributed by atoms with van der Waals surface area (Å²) in [6.07, 6.45) is -7.28. The molecule has 0 bridgehead atoms. The summed E-state index contributed by atoms with van der Waals surface area (Å²) < 4.78 is 91.6. The number of carbonyl (C=O) groups is 1. The summed E-state index contributed by atoms with van der Waals surface area (Å²) in [6, 6.07) is 6.85. The molecule has 16 heteroatoms. The Labute approximate surface area is 298 Å². The van der Waals surface area contributed by atoms with Gasteiger partial charge < -0.3 is 24.5 Å². The van der Waals surface area contributed by atoms with Gasteiger partial charge in [0.25, 0.3) is 0 Å². The standard InChI is InChI=1S/C34H42Cl2F6N4O4/c1-21(2)43-32(47)50-27-8-13-46(18-27)26-6-10-45(11-7-26)12-9-28(23-4-5-29(35)30(36)16-23)31(44-48-3)20-49-19-22-14-24(33(37,38)39)17-25(15-22)34(40,41)42/h4-5,14-17,21,26-28H,6-13,18-20H2,1-3H3,(H,43,47)/b44-31+. The number of oxime groups is 1. The second kappa shape index (κ2) is 17.6. The second-order valence-electron chi connectivity index (χ2n) is 12.9. The van der Waals surface area contributed by atoms with Gasteiger partial charge >= 0.3 is 18.4 Å². The highest BCUT2D eigenvalue weighted by molar-refractivity contribution is 6.42. The first-order chi connectivity index (χ1) is 23.5. The fraction of sp³-hybridized carbons (Fsp3) is 0.588. The molecule has 0 spiro atoms. The van der Waals surface area contributed by atoms with Crippen LogP contribution in [0.15, 0.2) is 41.6 Å². The number of hydrogen-bond acceptors (Lipinski definition) is 7. The zero-order valence-corrected chi connectivity index (χ0v) is 29.6. The van der Waals surface area contributed by atoms with Crippen molar-refractivity contribution in [3.05, 3.63) is 68.7 Å². The molecule has 2 saturated heterocycles. The Morgan fingerprint density at radius 3 is 2.20 bits per heavy atom. The SMILES string of the molecule is CO/N=C(\COCc1cc(C(F)(F)F)cc(C(F)(F)F)c1)C(CCN1CCC(N2CCC(OC(=O)NC(C)C)C2)CC1)c1ccc(Cl)c(Cl)c1. The summed E-state index contributed by atoms with van der Waals surface area (Å²) in [6.45, 7) is 6.88. The minimum Gasteiger partial charge on any atom is -0.445 e. The van der Waals surface area contributed by atoms with E-state index in [-0.39, 0.29) is 30.4 Å². The lowest BCUT2D eigenvalue weighted by Gasteiger charge is -2.37. The minimum absolute atomic E-state index is 0.00427. The predicted molar refractivity (Wildman–Crippen MR) is 179 cm³/mol. The second-order valence-corrected chi connectivity index (χ2v) is 13.7. The molecule has 2 aromatic carbocycles. The number of carbonyl (C=O) groups excluding carboxylic acids is 1. The number of nitrogens with zero attached hydrogens (tertiary/aromatic N) is 3. The van der Waals surface area contributed by atoms with Crippen LogP contribution in [0.2, 0.25) is 10.0 Å². The largest absolute Gasteiger partial charge is 0.445 e. The van der Waals surface area contributed by atoms with Crippen LogP contribution in [-0.4, -0.2) is 86.2 Å². The molecule has 4 rings (SSSR count). The number of likely N-dealkylation sites (tertiary alicyclic amines) is 2. The molecular formula is C34H42Cl2F6N4O4. The summed E-state index contributed by atoms with van der Waals surface area (Å²) in [5.74, 6) is -0.414. The average Bonchev–Trinajstić information content (AvgIpc) is 3.50. The van der Waals surface area contributed by atoms with Crippen LogP contribution in [0.4, 0.5) is 31.1 Å². The van der Waals surface area contributed by atoms with Gasteiger partial charge in [-0.05, 0) is 101 Å². The Kier molecular flexibility index (Phi) is 14.1. The van der Waals surface area contributed by atoms with Gasteiger partial charge in [0.1, 0.15) is 13.2 Å². The maximum Gasteiger partial charge on any atom is 0.416 e. The van der Waals surface area contributed by atoms with E-state index in [1.165, 1.54) is 7.11 Å². The highest BCUT2D eigenvalue weighted by Gasteiger charge is 2.37. The summed E-state index contributed by atoms with van der Waals surface area (Å²) in [7, 11) is 1.34. The molecule has 0 radical (unpaired) electrons. The molecule has 2 aromatic rings. The monoisotopic (exact) mass is 754 g/mol. The first kappa shape index (κ1) is 40.0. The fourth-order valence-electron chi connectivity index (χ4n) is 6.36. The van der Waals surface area contributed by atoms with E-state index < -0.39 is 42.1 Å². The molecule has 2 heterocycles. The molecule has 1 amide bonds. The van der Waals surface area contributed by atoms with E-state index in [1.807, 2.05) is 13.8 Å². The molecule has 2 unspecified atom stereocenters. The number of alkyl carbamates (subject to hydrolysis) is 1. The number of ether oxygens (including phenoxy) is 2. The van der Waals surface area contributed by atoms with Gasteiger partial charge in [0.05, 0.1) is 40.1 Å². The maximum atomic E-state index is 13.4. The van der Waals surface area contributed by atoms with Crippen LogP contribution in [-0.2, 0) is 33.3 Å². The van der Waals surface area contributed by atoms with Crippen LogP contribution in [0.5, 0.6) is 0 Å². The molecule has 50 heavy (non-hydrogen) atoms. The third-order valence-electron chi connectivity index (χ3n) is 8.79. The molecule has 0 aliphatic carbocycles. The van der Waals surface area contributed by atoms with E-state index in [1.54, 1.807) is 18.2 Å². The van der Waals surface area contributed by atoms with Crippen molar-refractivity contribution < 1.29 is 45.4 Å². The van der Waals surface area contributed by atoms with Gasteiger partial charge in [0, 0.05) is 31.1 Å². The Morgan fingerprint density at radius 1 is 0.960 bits per heavy atom. The number of rotatable bonds is 13. The van der Waals surface area contributed by atoms with Gasteiger partial charge in [-0.2, -0.15) is 26.3 Å². The number of halogens is 8. The molecule has 2 aliphatic heterocycles. The van der Waals surface area contributed by atoms with E-state index in [9.17, 15) is 31.1 Å². The predicted octanol–water partition coefficient (Wildman–Crippen LogP) is 8.40. The van der Waals surface area contributed by atoms with E-state index in [0.29, 0.717) is 53.4 Å². The third kappa shape index (κ3) is 11.6. The Hall–Kier alpha value is -2.78. The van der Waals surface area contributed by atoms with Crippen molar-refractivity contribution in [2.75, 3.05) is 46.4 Å². The van der Waals surface area contributed by atoms with Crippen molar-refractivity contribution in [3.63, 3.8) is 0 Å². The maximum absolute atomic E-state index is 13.4. The number of benzene rings is 2. The first-order valence-electron chi connectivity index (χ1n) is 16.4. The van der Waals surface area contributed by atoms with Crippen LogP contribution in [0.25, 0.3) is 0 Å². The van der Waals surface area contributed by atoms with Gasteiger partial charge in [-0.15, -0.1) is 0 Å². The van der Waals surface area contributed by atoms with Crippen molar-refractivity contribution in [2.24, 2.45) is 5.16 Å². The zero-order chi connectivity index (χ0) is 36.6. The minimum atomic E-state index is -4.97. The van der Waals surface area contributed by atoms with Crippen LogP contribution < -0.4 is 5.32 Å². The van der Waals surface area contributed by atoms with Crippen molar-refractivity contribution in [2.45, 2.75) is 82.6 Å². The summed E-state index contributed by atoms with van der Waals surface area (Å²) in [5.41, 5.74) is -1.99. The van der Waals surface area contributed by atoms with Gasteiger partial charge in [-0.1, -0.05) is 34.4 Å². The Balaban J connectivity index is 1.40. The van der Waals surface area contributed by atoms with E-state index in [2.05, 4.69) is 20.3 Å². The highest BCUT2D eigenvalue weighted by atomic mass is 35.5. The van der Waals surface area contributed by atoms with Crippen LogP contribution in [0.1, 0.15) is 67.7 Å². The van der Waals surface area contributed by atoms with Crippen molar-refractivity contribution in [1.82, 2.24) is 15.1 Å². The van der Waals surface area contributed by atoms with E-state index in [4.69, 9.17) is 37.5 Å². The summed E-state index contributed by atoms with van der Waals surface area (Å²) >= 11 is 12.5. The van der Waals surface area contributed by atoms with Gasteiger partial charge in [-0.25, -0.2) is 4.79 Å². The number of nitrogens with one attached hydrogen (secondary N) is 1. The topological polar surface area (TPSA) is 75.6 Å². The van der Waals surface area contributed by atoms with Crippen molar-refractivity contribution in [1.29, 1.82) is 0 Å². The molecule has 2 aliphatic rings. The number of piperidine rings is 1. The number of alkyl halides is 6. The Bertz CT molecular complexity index is 1440. The molecule has 2 atom stereocenters. The first-order valence-corrected chi connectivity index (χ1v) is 17.1. The number of hydrogen-bond donors (Lipinski definition) is 1. The van der Waals surface area contributed by atoms with E-state index in [0.717, 1.165) is 44.5 Å². The highest BCUT2D eigenvalue weighted by Crippen LogP contribution is 2.37. The molecule has 8 nitrogen and oxygen atoms in total. The summed E-state index contributed by atoms with van der Waals surface area (Å²) in [4.78, 5) is 21.8. The van der Waals surface area contributed by atoms with Gasteiger partial charge in [0.2, 0.25) is 0 Å². The molecule has 1 N–H and O–H groups in total. The number of amides is 1. The normalized spacial score (nSPS) is 19.2. The van der Waals surface area contributed by atoms with Crippen molar-refractivity contribution in [3.8, 4) is 0 Å². The quantitative estimate of drug-likeness (QED) is 0.126. The third-order valence-corrected chi connectivity index (χ3v) is 9.53. The van der Waals surface area contributed by atoms with Crippen molar-refractivity contribution >= 4 is 35.0 Å². The lowest BCUT2D eigenvalue weighted by Crippen LogP contribution is -2.45. The van der Waals surface area contributed by atoms with E-state index >= 15 is 0 Å². The molecule has 278 valence electrons. The Morgan fingerprint density at radius 2 is 1.62 bits per heavy atom. The van der Waals surface area contributed by atoms with Crippen LogP contribution in [0, 0.1) is 0 Å². The molecule has 0 aromatic heterocycles. The average molecular weight is 756 g/mol. The van der Waals surface area contributed by atoms with Crippen LogP contribution in [0.3, 0.4) is 0 Å². The lowest BCUT2D eigenvalue weighted by atomic mass is 9.90. The molecule has 0 saturated carbocycles. The van der Waals surface area contributed by atoms with Gasteiger partial charge in [0.15, 0.2) is 0 Å². The fourth-order valence-corrected chi connectivity index (χ4v) is 6.67. The zero-order valence-electron chi connectivity index (χ0n) is 28.1. The molecular weight excluding hydrogens is 713 g/mol. The lowest BCUT2D eigenvalue weighted by molar-refractivity contribution is -0.143. The summed E-state index contributed by atoms with van der Waals surface area (Å²) in [5, 5.41) is 7.58. The van der Waals surface area contributed by atoms with Gasteiger partial charge in [-0.3, -0.25) is 4.90 Å². The molecule has 2 fully saturated rings.